The van der Waals surface area contributed by atoms with Gasteiger partial charge in [0.1, 0.15) is 0 Å². The first-order valence-electron chi connectivity index (χ1n) is 11.1. The number of halogens is 1. The van der Waals surface area contributed by atoms with Crippen molar-refractivity contribution in [1.29, 1.82) is 0 Å². The summed E-state index contributed by atoms with van der Waals surface area (Å²) in [6.07, 6.45) is 9.67. The molecule has 0 atom stereocenters. The van der Waals surface area contributed by atoms with Crippen LogP contribution in [0.2, 0.25) is 0 Å². The monoisotopic (exact) mass is 510 g/mol. The van der Waals surface area contributed by atoms with E-state index in [0.29, 0.717) is 5.92 Å². The number of hydrogen-bond acceptors (Lipinski definition) is 4. The largest absolute Gasteiger partial charge is 0.396 e. The van der Waals surface area contributed by atoms with Crippen LogP contribution in [0.1, 0.15) is 58.3 Å². The maximum atomic E-state index is 9.51. The summed E-state index contributed by atoms with van der Waals surface area (Å²) in [6.45, 7) is 9.33. The lowest BCUT2D eigenvalue weighted by Crippen LogP contribution is -2.44. The number of nitrogens with one attached hydrogen (secondary N) is 2. The third-order valence-corrected chi connectivity index (χ3v) is 6.35. The molecule has 1 saturated carbocycles. The van der Waals surface area contributed by atoms with Crippen molar-refractivity contribution in [2.75, 3.05) is 59.6 Å². The minimum atomic E-state index is 0. The van der Waals surface area contributed by atoms with Crippen LogP contribution in [0, 0.1) is 11.3 Å². The third kappa shape index (κ3) is 9.13. The van der Waals surface area contributed by atoms with Gasteiger partial charge in [-0.1, -0.05) is 19.3 Å². The molecule has 2 rings (SSSR count). The highest BCUT2D eigenvalue weighted by atomic mass is 127. The topological polar surface area (TPSA) is 69.1 Å². The third-order valence-electron chi connectivity index (χ3n) is 6.35. The summed E-state index contributed by atoms with van der Waals surface area (Å²) in [5, 5.41) is 16.5. The van der Waals surface area contributed by atoms with Crippen LogP contribution < -0.4 is 10.6 Å². The summed E-state index contributed by atoms with van der Waals surface area (Å²) in [5.74, 6) is 1.66. The maximum Gasteiger partial charge on any atom is 0.191 e. The lowest BCUT2D eigenvalue weighted by atomic mass is 9.72. The van der Waals surface area contributed by atoms with E-state index >= 15 is 0 Å². The molecule has 0 unspecified atom stereocenters. The Balaban J connectivity index is 0.00000392. The molecule has 1 heterocycles. The van der Waals surface area contributed by atoms with Crippen molar-refractivity contribution in [2.24, 2.45) is 16.3 Å². The Hall–Kier alpha value is -0.120. The molecular formula is C21H43IN4O2. The Kier molecular flexibility index (Phi) is 13.7. The maximum absolute atomic E-state index is 9.51. The molecular weight excluding hydrogens is 467 g/mol. The lowest BCUT2D eigenvalue weighted by molar-refractivity contribution is 0.120. The zero-order valence-electron chi connectivity index (χ0n) is 18.0. The molecule has 0 radical (unpaired) electrons. The fraction of sp³-hybridized carbons (Fsp3) is 0.952. The molecule has 0 amide bonds. The molecule has 6 nitrogen and oxygen atoms in total. The molecule has 3 N–H and O–H groups in total. The van der Waals surface area contributed by atoms with E-state index < -0.39 is 0 Å². The zero-order chi connectivity index (χ0) is 19.4. The quantitative estimate of drug-likeness (QED) is 0.240. The van der Waals surface area contributed by atoms with Gasteiger partial charge in [-0.15, -0.1) is 24.0 Å². The first kappa shape index (κ1) is 25.9. The SMILES string of the molecule is CCNC(=NCC1(CCO)CCCCC1)NCC1CCN(CCOC)CC1.I. The van der Waals surface area contributed by atoms with Gasteiger partial charge >= 0.3 is 0 Å². The molecule has 7 heteroatoms. The summed E-state index contributed by atoms with van der Waals surface area (Å²) in [7, 11) is 1.77. The number of nitrogens with zero attached hydrogens (tertiary/aromatic N) is 2. The standard InChI is InChI=1S/C21H42N4O2.HI/c1-3-22-20(24-18-21(11-15-26)9-5-4-6-10-21)23-17-19-7-12-25(13-8-19)14-16-27-2;/h19,26H,3-18H2,1-2H3,(H2,22,23,24);1H. The van der Waals surface area contributed by atoms with E-state index in [1.807, 2.05) is 0 Å². The van der Waals surface area contributed by atoms with Crippen LogP contribution >= 0.6 is 24.0 Å². The molecule has 28 heavy (non-hydrogen) atoms. The van der Waals surface area contributed by atoms with Gasteiger partial charge in [-0.25, -0.2) is 0 Å². The number of aliphatic hydroxyl groups excluding tert-OH is 1. The van der Waals surface area contributed by atoms with E-state index in [9.17, 15) is 5.11 Å². The van der Waals surface area contributed by atoms with E-state index in [2.05, 4.69) is 22.5 Å². The van der Waals surface area contributed by atoms with Crippen molar-refractivity contribution in [1.82, 2.24) is 15.5 Å². The first-order valence-corrected chi connectivity index (χ1v) is 11.1. The predicted molar refractivity (Wildman–Crippen MR) is 128 cm³/mol. The highest BCUT2D eigenvalue weighted by Crippen LogP contribution is 2.39. The van der Waals surface area contributed by atoms with Crippen LogP contribution in [0.3, 0.4) is 0 Å². The number of piperidine rings is 1. The first-order chi connectivity index (χ1) is 13.2. The number of hydrogen-bond donors (Lipinski definition) is 3. The second kappa shape index (κ2) is 14.8. The molecule has 1 saturated heterocycles. The molecule has 0 spiro atoms. The van der Waals surface area contributed by atoms with Gasteiger partial charge < -0.3 is 25.4 Å². The molecule has 2 fully saturated rings. The van der Waals surface area contributed by atoms with Gasteiger partial charge in [-0.05, 0) is 63.5 Å². The lowest BCUT2D eigenvalue weighted by Gasteiger charge is -2.36. The van der Waals surface area contributed by atoms with Crippen LogP contribution in [-0.2, 0) is 4.74 Å². The smallest absolute Gasteiger partial charge is 0.191 e. The number of rotatable bonds is 10. The molecule has 0 aromatic rings. The Morgan fingerprint density at radius 1 is 1.18 bits per heavy atom. The summed E-state index contributed by atoms with van der Waals surface area (Å²) >= 11 is 0. The van der Waals surface area contributed by atoms with E-state index in [1.54, 1.807) is 7.11 Å². The summed E-state index contributed by atoms with van der Waals surface area (Å²) in [4.78, 5) is 7.43. The number of aliphatic hydroxyl groups is 1. The normalized spacial score (nSPS) is 21.2. The highest BCUT2D eigenvalue weighted by molar-refractivity contribution is 14.0. The van der Waals surface area contributed by atoms with Crippen molar-refractivity contribution in [3.05, 3.63) is 0 Å². The van der Waals surface area contributed by atoms with E-state index in [-0.39, 0.29) is 36.0 Å². The number of aliphatic imine (C=N–C) groups is 1. The van der Waals surface area contributed by atoms with Gasteiger partial charge in [-0.2, -0.15) is 0 Å². The molecule has 0 aromatic carbocycles. The minimum Gasteiger partial charge on any atom is -0.396 e. The van der Waals surface area contributed by atoms with Gasteiger partial charge in [0.25, 0.3) is 0 Å². The number of guanidine groups is 1. The van der Waals surface area contributed by atoms with Crippen LogP contribution in [0.15, 0.2) is 4.99 Å². The summed E-state index contributed by atoms with van der Waals surface area (Å²) in [6, 6.07) is 0. The van der Waals surface area contributed by atoms with Crippen LogP contribution in [0.4, 0.5) is 0 Å². The average molecular weight is 511 g/mol. The van der Waals surface area contributed by atoms with Crippen molar-refractivity contribution in [3.63, 3.8) is 0 Å². The fourth-order valence-corrected chi connectivity index (χ4v) is 4.49. The predicted octanol–water partition coefficient (Wildman–Crippen LogP) is 2.85. The Bertz CT molecular complexity index is 417. The summed E-state index contributed by atoms with van der Waals surface area (Å²) in [5.41, 5.74) is 0.210. The van der Waals surface area contributed by atoms with Gasteiger partial charge in [-0.3, -0.25) is 4.99 Å². The molecule has 166 valence electrons. The molecule has 1 aliphatic heterocycles. The second-order valence-corrected chi connectivity index (χ2v) is 8.39. The fourth-order valence-electron chi connectivity index (χ4n) is 4.49. The van der Waals surface area contributed by atoms with Gasteiger partial charge in [0.2, 0.25) is 0 Å². The van der Waals surface area contributed by atoms with Crippen LogP contribution in [0.5, 0.6) is 0 Å². The molecule has 2 aliphatic rings. The molecule has 0 bridgehead atoms. The van der Waals surface area contributed by atoms with Crippen molar-refractivity contribution >= 4 is 29.9 Å². The van der Waals surface area contributed by atoms with E-state index in [0.717, 1.165) is 45.2 Å². The number of likely N-dealkylation sites (tertiary alicyclic amines) is 1. The average Bonchev–Trinajstić information content (AvgIpc) is 2.70. The Morgan fingerprint density at radius 2 is 1.89 bits per heavy atom. The number of ether oxygens (including phenoxy) is 1. The summed E-state index contributed by atoms with van der Waals surface area (Å²) < 4.78 is 5.19. The van der Waals surface area contributed by atoms with Crippen molar-refractivity contribution in [3.8, 4) is 0 Å². The van der Waals surface area contributed by atoms with Gasteiger partial charge in [0.15, 0.2) is 5.96 Å². The zero-order valence-corrected chi connectivity index (χ0v) is 20.4. The second-order valence-electron chi connectivity index (χ2n) is 8.39. The highest BCUT2D eigenvalue weighted by Gasteiger charge is 2.31. The van der Waals surface area contributed by atoms with Gasteiger partial charge in [0, 0.05) is 39.9 Å². The number of methoxy groups -OCH3 is 1. The Labute approximate surface area is 189 Å². The van der Waals surface area contributed by atoms with E-state index in [1.165, 1.54) is 58.0 Å². The van der Waals surface area contributed by atoms with Crippen LogP contribution in [0.25, 0.3) is 0 Å². The van der Waals surface area contributed by atoms with Crippen molar-refractivity contribution in [2.45, 2.75) is 58.3 Å². The van der Waals surface area contributed by atoms with Gasteiger partial charge in [0.05, 0.1) is 6.61 Å². The van der Waals surface area contributed by atoms with Crippen molar-refractivity contribution < 1.29 is 9.84 Å². The Morgan fingerprint density at radius 3 is 2.50 bits per heavy atom. The molecule has 0 aromatic heterocycles. The van der Waals surface area contributed by atoms with E-state index in [4.69, 9.17) is 9.73 Å². The minimum absolute atomic E-state index is 0. The van der Waals surface area contributed by atoms with Crippen LogP contribution in [-0.4, -0.2) is 75.6 Å². The molecule has 1 aliphatic carbocycles.